The average Bonchev–Trinajstić information content (AvgIpc) is 1.65. The Kier molecular flexibility index (Phi) is 22.5. The van der Waals surface area contributed by atoms with Gasteiger partial charge in [-0.2, -0.15) is 0 Å². The van der Waals surface area contributed by atoms with Crippen LogP contribution >= 0.6 is 0 Å². The topological polar surface area (TPSA) is 60.7 Å². The third-order valence-electron chi connectivity index (χ3n) is 0.421. The van der Waals surface area contributed by atoms with Crippen molar-refractivity contribution in [1.82, 2.24) is 0 Å². The first-order chi connectivity index (χ1) is 2.81. The average molecular weight is 213 g/mol. The van der Waals surface area contributed by atoms with Gasteiger partial charge in [-0.1, -0.05) is 0 Å². The van der Waals surface area contributed by atoms with E-state index in [9.17, 15) is 0 Å². The summed E-state index contributed by atoms with van der Waals surface area (Å²) < 4.78 is 0. The Morgan fingerprint density at radius 3 is 1.38 bits per heavy atom. The van der Waals surface area contributed by atoms with E-state index >= 15 is 0 Å². The minimum Gasteiger partial charge on any atom is -0.394 e. The van der Waals surface area contributed by atoms with E-state index in [4.69, 9.17) is 15.3 Å². The number of aliphatic hydroxyl groups excluding tert-OH is 3. The standard InChI is InChI=1S/C3H8O3.Al.Zr.3H/c4-1-3(6)2-5;;;;;/h3-6H,1-2H2;;;;;. The van der Waals surface area contributed by atoms with Gasteiger partial charge in [0.2, 0.25) is 0 Å². The summed E-state index contributed by atoms with van der Waals surface area (Å²) in [6, 6.07) is 0. The molecule has 0 aliphatic heterocycles. The molecule has 0 fully saturated rings. The fourth-order valence-electron chi connectivity index (χ4n) is 0.0577. The number of hydrogen-bond acceptors (Lipinski definition) is 3. The van der Waals surface area contributed by atoms with Gasteiger partial charge in [-0.3, -0.25) is 0 Å². The van der Waals surface area contributed by atoms with Crippen LogP contribution in [0.25, 0.3) is 0 Å². The Morgan fingerprint density at radius 1 is 1.12 bits per heavy atom. The monoisotopic (exact) mass is 212 g/mol. The van der Waals surface area contributed by atoms with Gasteiger partial charge in [-0.25, -0.2) is 0 Å². The number of hydrogen-bond donors (Lipinski definition) is 3. The molecule has 0 amide bonds. The zero-order valence-corrected chi connectivity index (χ0v) is 6.29. The third kappa shape index (κ3) is 10.3. The van der Waals surface area contributed by atoms with Crippen LogP contribution in [0.15, 0.2) is 0 Å². The van der Waals surface area contributed by atoms with Gasteiger partial charge in [0.1, 0.15) is 6.10 Å². The summed E-state index contributed by atoms with van der Waals surface area (Å²) in [7, 11) is 0. The van der Waals surface area contributed by atoms with Gasteiger partial charge in [-0.05, 0) is 0 Å². The van der Waals surface area contributed by atoms with Crippen molar-refractivity contribution in [1.29, 1.82) is 0 Å². The molecule has 5 heteroatoms. The summed E-state index contributed by atoms with van der Waals surface area (Å²) in [6.07, 6.45) is -0.954. The Morgan fingerprint density at radius 2 is 1.38 bits per heavy atom. The Balaban J connectivity index is -0.000000125. The second kappa shape index (κ2) is 11.1. The van der Waals surface area contributed by atoms with Crippen LogP contribution in [0.5, 0.6) is 0 Å². The van der Waals surface area contributed by atoms with Gasteiger partial charge in [0.15, 0.2) is 17.4 Å². The second-order valence-electron chi connectivity index (χ2n) is 1.02. The normalized spacial score (nSPS) is 7.50. The molecule has 0 aliphatic carbocycles. The van der Waals surface area contributed by atoms with E-state index in [-0.39, 0.29) is 56.8 Å². The molecule has 3 N–H and O–H groups in total. The van der Waals surface area contributed by atoms with Gasteiger partial charge in [0, 0.05) is 26.2 Å². The van der Waals surface area contributed by atoms with Gasteiger partial charge >= 0.3 is 0 Å². The van der Waals surface area contributed by atoms with Crippen LogP contribution in [0, 0.1) is 0 Å². The molecule has 0 heterocycles. The molecule has 0 aromatic carbocycles. The summed E-state index contributed by atoms with van der Waals surface area (Å²) in [5, 5.41) is 24.0. The SMILES string of the molecule is OCC(O)CO.[AlH3].[Zr]. The molecule has 0 unspecified atom stereocenters. The molecule has 0 aromatic heterocycles. The molecular weight excluding hydrogens is 202 g/mol. The predicted molar refractivity (Wildman–Crippen MR) is 30.1 cm³/mol. The zero-order valence-electron chi connectivity index (χ0n) is 3.83. The molecule has 0 spiro atoms. The maximum Gasteiger partial charge on any atom is 0.187 e. The van der Waals surface area contributed by atoms with E-state index < -0.39 is 6.10 Å². The van der Waals surface area contributed by atoms with Crippen molar-refractivity contribution >= 4 is 17.4 Å². The molecule has 0 aromatic rings. The summed E-state index contributed by atoms with van der Waals surface area (Å²) in [5.74, 6) is 0. The molecule has 3 nitrogen and oxygen atoms in total. The first-order valence-corrected chi connectivity index (χ1v) is 1.71. The molecule has 0 saturated heterocycles. The quantitative estimate of drug-likeness (QED) is 0.433. The van der Waals surface area contributed by atoms with Crippen molar-refractivity contribution in [3.63, 3.8) is 0 Å². The van der Waals surface area contributed by atoms with Crippen LogP contribution in [0.4, 0.5) is 0 Å². The fraction of sp³-hybridized carbons (Fsp3) is 1.00. The first kappa shape index (κ1) is 16.1. The maximum atomic E-state index is 8.17. The Labute approximate surface area is 78.0 Å². The van der Waals surface area contributed by atoms with Crippen LogP contribution in [0.1, 0.15) is 0 Å². The summed E-state index contributed by atoms with van der Waals surface area (Å²) in [6.45, 7) is -0.729. The Bertz CT molecular complexity index is 33.7. The van der Waals surface area contributed by atoms with Gasteiger partial charge in [0.25, 0.3) is 0 Å². The van der Waals surface area contributed by atoms with E-state index in [0.717, 1.165) is 0 Å². The van der Waals surface area contributed by atoms with Crippen LogP contribution in [0.3, 0.4) is 0 Å². The molecule has 8 heavy (non-hydrogen) atoms. The van der Waals surface area contributed by atoms with E-state index in [1.807, 2.05) is 0 Å². The fourth-order valence-corrected chi connectivity index (χ4v) is 0.0577. The molecule has 0 saturated carbocycles. The summed E-state index contributed by atoms with van der Waals surface area (Å²) >= 11 is 0. The summed E-state index contributed by atoms with van der Waals surface area (Å²) in [4.78, 5) is 0. The largest absolute Gasteiger partial charge is 0.394 e. The van der Waals surface area contributed by atoms with E-state index in [2.05, 4.69) is 0 Å². The minimum atomic E-state index is -0.954. The molecular formula is C3H11AlO3Zr. The molecule has 0 aliphatic rings. The van der Waals surface area contributed by atoms with Gasteiger partial charge in [-0.15, -0.1) is 0 Å². The van der Waals surface area contributed by atoms with Gasteiger partial charge < -0.3 is 15.3 Å². The summed E-state index contributed by atoms with van der Waals surface area (Å²) in [5.41, 5.74) is 0. The predicted octanol–water partition coefficient (Wildman–Crippen LogP) is -2.85. The van der Waals surface area contributed by atoms with Crippen molar-refractivity contribution in [2.45, 2.75) is 6.10 Å². The zero-order chi connectivity index (χ0) is 4.99. The molecule has 0 bridgehead atoms. The van der Waals surface area contributed by atoms with Crippen LogP contribution in [-0.4, -0.2) is 52.0 Å². The second-order valence-corrected chi connectivity index (χ2v) is 1.02. The van der Waals surface area contributed by atoms with Crippen molar-refractivity contribution in [2.75, 3.05) is 13.2 Å². The third-order valence-corrected chi connectivity index (χ3v) is 0.421. The smallest absolute Gasteiger partial charge is 0.187 e. The van der Waals surface area contributed by atoms with E-state index in [1.165, 1.54) is 0 Å². The first-order valence-electron chi connectivity index (χ1n) is 1.71. The van der Waals surface area contributed by atoms with Crippen molar-refractivity contribution in [2.24, 2.45) is 0 Å². The molecule has 0 atom stereocenters. The van der Waals surface area contributed by atoms with E-state index in [1.54, 1.807) is 0 Å². The van der Waals surface area contributed by atoms with Crippen LogP contribution in [0.2, 0.25) is 0 Å². The molecule has 0 rings (SSSR count). The minimum absolute atomic E-state index is 0. The number of aliphatic hydroxyl groups is 3. The van der Waals surface area contributed by atoms with Crippen molar-refractivity contribution in [3.8, 4) is 0 Å². The van der Waals surface area contributed by atoms with Crippen LogP contribution in [-0.2, 0) is 26.2 Å². The van der Waals surface area contributed by atoms with Crippen LogP contribution < -0.4 is 0 Å². The van der Waals surface area contributed by atoms with Gasteiger partial charge in [0.05, 0.1) is 13.2 Å². The molecule has 0 radical (unpaired) electrons. The molecule has 48 valence electrons. The maximum absolute atomic E-state index is 8.17. The van der Waals surface area contributed by atoms with Crippen molar-refractivity contribution < 1.29 is 41.5 Å². The van der Waals surface area contributed by atoms with E-state index in [0.29, 0.717) is 0 Å². The Hall–Kier alpha value is 1.30. The van der Waals surface area contributed by atoms with Crippen molar-refractivity contribution in [3.05, 3.63) is 0 Å². The number of rotatable bonds is 2.